The quantitative estimate of drug-likeness (QED) is 0.906. The van der Waals surface area contributed by atoms with Gasteiger partial charge in [-0.15, -0.1) is 0 Å². The molecular weight excluding hydrogens is 257 g/mol. The van der Waals surface area contributed by atoms with E-state index in [-0.39, 0.29) is 5.56 Å². The van der Waals surface area contributed by atoms with Crippen LogP contribution in [0.4, 0.5) is 13.2 Å². The second-order valence-electron chi connectivity index (χ2n) is 3.70. The molecule has 1 rings (SSSR count). The zero-order valence-electron chi connectivity index (χ0n) is 8.83. The Morgan fingerprint density at radius 2 is 1.76 bits per heavy atom. The molecule has 0 unspecified atom stereocenters. The van der Waals surface area contributed by atoms with Crippen LogP contribution >= 0.6 is 11.6 Å². The van der Waals surface area contributed by atoms with Crippen LogP contribution in [0.15, 0.2) is 24.3 Å². The molecule has 0 fully saturated rings. The van der Waals surface area contributed by atoms with Crippen molar-refractivity contribution in [1.82, 2.24) is 0 Å². The fourth-order valence-electron chi connectivity index (χ4n) is 1.50. The number of carboxylic acids is 1. The lowest BCUT2D eigenvalue weighted by Gasteiger charge is -2.23. The number of rotatable bonds is 3. The Balaban J connectivity index is 3.10. The molecule has 0 saturated carbocycles. The molecule has 0 bridgehead atoms. The molecule has 1 aromatic rings. The maximum atomic E-state index is 12.5. The summed E-state index contributed by atoms with van der Waals surface area (Å²) in [7, 11) is 0. The van der Waals surface area contributed by atoms with E-state index in [1.807, 2.05) is 0 Å². The zero-order chi connectivity index (χ0) is 13.2. The number of benzene rings is 1. The molecule has 6 heteroatoms. The predicted octanol–water partition coefficient (Wildman–Crippen LogP) is 3.71. The van der Waals surface area contributed by atoms with E-state index in [1.54, 1.807) is 0 Å². The highest BCUT2D eigenvalue weighted by Crippen LogP contribution is 2.37. The van der Waals surface area contributed by atoms with Crippen LogP contribution < -0.4 is 0 Å². The Morgan fingerprint density at radius 1 is 1.29 bits per heavy atom. The van der Waals surface area contributed by atoms with Gasteiger partial charge in [0.25, 0.3) is 0 Å². The van der Waals surface area contributed by atoms with Crippen LogP contribution in [0.2, 0.25) is 5.02 Å². The Kier molecular flexibility index (Phi) is 4.03. The molecule has 0 spiro atoms. The molecule has 0 aliphatic heterocycles. The Hall–Kier alpha value is -1.23. The monoisotopic (exact) mass is 266 g/mol. The summed E-state index contributed by atoms with van der Waals surface area (Å²) in [6.45, 7) is 0.855. The summed E-state index contributed by atoms with van der Waals surface area (Å²) < 4.78 is 37.6. The number of carboxylic acid groups (broad SMARTS) is 1. The minimum Gasteiger partial charge on any atom is -0.481 e. The van der Waals surface area contributed by atoms with Gasteiger partial charge in [-0.3, -0.25) is 4.79 Å². The number of carbonyl (C=O) groups is 1. The van der Waals surface area contributed by atoms with Gasteiger partial charge >= 0.3 is 12.1 Å². The first-order chi connectivity index (χ1) is 7.73. The minimum atomic E-state index is -4.55. The Bertz CT molecular complexity index is 400. The van der Waals surface area contributed by atoms with Crippen LogP contribution in [-0.2, 0) is 4.79 Å². The lowest BCUT2D eigenvalue weighted by Crippen LogP contribution is -2.31. The van der Waals surface area contributed by atoms with Gasteiger partial charge in [-0.25, -0.2) is 0 Å². The molecule has 0 aromatic heterocycles. The number of aliphatic carboxylic acids is 1. The average Bonchev–Trinajstić information content (AvgIpc) is 2.19. The highest BCUT2D eigenvalue weighted by atomic mass is 35.5. The normalized spacial score (nSPS) is 15.4. The molecule has 17 heavy (non-hydrogen) atoms. The summed E-state index contributed by atoms with van der Waals surface area (Å²) in [6.07, 6.45) is -4.55. The highest BCUT2D eigenvalue weighted by Gasteiger charge is 2.44. The van der Waals surface area contributed by atoms with Crippen molar-refractivity contribution in [1.29, 1.82) is 0 Å². The van der Waals surface area contributed by atoms with Crippen molar-refractivity contribution in [2.75, 3.05) is 0 Å². The van der Waals surface area contributed by atoms with E-state index in [4.69, 9.17) is 16.7 Å². The van der Waals surface area contributed by atoms with E-state index in [1.165, 1.54) is 24.3 Å². The minimum absolute atomic E-state index is 0.0896. The summed E-state index contributed by atoms with van der Waals surface area (Å²) >= 11 is 5.60. The molecule has 0 aliphatic rings. The van der Waals surface area contributed by atoms with Crippen LogP contribution in [0, 0.1) is 5.92 Å². The van der Waals surface area contributed by atoms with Crippen molar-refractivity contribution in [3.8, 4) is 0 Å². The van der Waals surface area contributed by atoms with E-state index in [0.717, 1.165) is 6.92 Å². The number of hydrogen-bond donors (Lipinski definition) is 1. The standard InChI is InChI=1S/C11H10ClF3O2/c1-6(11(13,14)15)9(10(16)17)7-2-4-8(12)5-3-7/h2-6,9H,1H3,(H,16,17)/t6-,9+/m0/s1. The molecule has 1 aromatic carbocycles. The van der Waals surface area contributed by atoms with Gasteiger partial charge in [0.05, 0.1) is 11.8 Å². The number of alkyl halides is 3. The van der Waals surface area contributed by atoms with Crippen LogP contribution in [0.25, 0.3) is 0 Å². The second-order valence-corrected chi connectivity index (χ2v) is 4.13. The SMILES string of the molecule is C[C@@H]([C@@H](C(=O)O)c1ccc(Cl)cc1)C(F)(F)F. The maximum Gasteiger partial charge on any atom is 0.392 e. The molecule has 0 aliphatic carbocycles. The molecule has 0 heterocycles. The van der Waals surface area contributed by atoms with E-state index in [9.17, 15) is 18.0 Å². The lowest BCUT2D eigenvalue weighted by molar-refractivity contribution is -0.183. The van der Waals surface area contributed by atoms with Crippen LogP contribution in [0.1, 0.15) is 18.4 Å². The molecule has 0 radical (unpaired) electrons. The summed E-state index contributed by atoms with van der Waals surface area (Å²) in [4.78, 5) is 10.9. The van der Waals surface area contributed by atoms with E-state index in [0.29, 0.717) is 5.02 Å². The summed E-state index contributed by atoms with van der Waals surface area (Å²) in [5, 5.41) is 9.24. The van der Waals surface area contributed by atoms with Gasteiger partial charge in [-0.1, -0.05) is 30.7 Å². The smallest absolute Gasteiger partial charge is 0.392 e. The molecule has 0 amide bonds. The van der Waals surface area contributed by atoms with Gasteiger partial charge in [-0.2, -0.15) is 13.2 Å². The van der Waals surface area contributed by atoms with Crippen molar-refractivity contribution in [3.05, 3.63) is 34.9 Å². The molecular formula is C11H10ClF3O2. The zero-order valence-corrected chi connectivity index (χ0v) is 9.59. The van der Waals surface area contributed by atoms with Crippen molar-refractivity contribution < 1.29 is 23.1 Å². The Labute approximate surface area is 101 Å². The van der Waals surface area contributed by atoms with Gasteiger partial charge in [0, 0.05) is 5.02 Å². The number of halogens is 4. The lowest BCUT2D eigenvalue weighted by atomic mass is 9.87. The van der Waals surface area contributed by atoms with Gasteiger partial charge in [-0.05, 0) is 17.7 Å². The van der Waals surface area contributed by atoms with Crippen LogP contribution in [0.5, 0.6) is 0 Å². The largest absolute Gasteiger partial charge is 0.481 e. The summed E-state index contributed by atoms with van der Waals surface area (Å²) in [5.41, 5.74) is 0.0896. The molecule has 0 saturated heterocycles. The maximum absolute atomic E-state index is 12.5. The van der Waals surface area contributed by atoms with Crippen LogP contribution in [0.3, 0.4) is 0 Å². The third-order valence-corrected chi connectivity index (χ3v) is 2.76. The molecule has 94 valence electrons. The Morgan fingerprint density at radius 3 is 2.12 bits per heavy atom. The van der Waals surface area contributed by atoms with Crippen molar-refractivity contribution in [2.45, 2.75) is 19.0 Å². The molecule has 1 N–H and O–H groups in total. The van der Waals surface area contributed by atoms with E-state index < -0.39 is 24.0 Å². The van der Waals surface area contributed by atoms with Crippen LogP contribution in [-0.4, -0.2) is 17.3 Å². The van der Waals surface area contributed by atoms with Crippen molar-refractivity contribution in [3.63, 3.8) is 0 Å². The van der Waals surface area contributed by atoms with Gasteiger partial charge in [0.1, 0.15) is 0 Å². The molecule has 2 nitrogen and oxygen atoms in total. The molecule has 2 atom stereocenters. The summed E-state index contributed by atoms with van der Waals surface area (Å²) in [6, 6.07) is 5.33. The van der Waals surface area contributed by atoms with Crippen molar-refractivity contribution >= 4 is 17.6 Å². The first-order valence-electron chi connectivity index (χ1n) is 4.78. The summed E-state index contributed by atoms with van der Waals surface area (Å²) in [5.74, 6) is -5.08. The van der Waals surface area contributed by atoms with Crippen molar-refractivity contribution in [2.24, 2.45) is 5.92 Å². The predicted molar refractivity (Wildman–Crippen MR) is 57.0 cm³/mol. The number of hydrogen-bond acceptors (Lipinski definition) is 1. The fraction of sp³-hybridized carbons (Fsp3) is 0.364. The first-order valence-corrected chi connectivity index (χ1v) is 5.16. The van der Waals surface area contributed by atoms with Gasteiger partial charge in [0.2, 0.25) is 0 Å². The van der Waals surface area contributed by atoms with E-state index in [2.05, 4.69) is 0 Å². The van der Waals surface area contributed by atoms with E-state index >= 15 is 0 Å². The highest BCUT2D eigenvalue weighted by molar-refractivity contribution is 6.30. The van der Waals surface area contributed by atoms with Gasteiger partial charge in [0.15, 0.2) is 0 Å². The first kappa shape index (κ1) is 13.8. The third-order valence-electron chi connectivity index (χ3n) is 2.51. The third kappa shape index (κ3) is 3.36. The second kappa shape index (κ2) is 4.96. The topological polar surface area (TPSA) is 37.3 Å². The fourth-order valence-corrected chi connectivity index (χ4v) is 1.63. The van der Waals surface area contributed by atoms with Gasteiger partial charge < -0.3 is 5.11 Å². The average molecular weight is 267 g/mol.